The van der Waals surface area contributed by atoms with Crippen molar-refractivity contribution >= 4 is 32.6 Å². The van der Waals surface area contributed by atoms with Gasteiger partial charge in [-0.2, -0.15) is 0 Å². The van der Waals surface area contributed by atoms with Crippen LogP contribution in [-0.2, 0) is 12.8 Å². The lowest BCUT2D eigenvalue weighted by Crippen LogP contribution is -2.09. The summed E-state index contributed by atoms with van der Waals surface area (Å²) < 4.78 is 0. The largest absolute Gasteiger partial charge is 0.355 e. The molecule has 1 heteroatoms. The zero-order valence-corrected chi connectivity index (χ0v) is 17.2. The number of benzene rings is 5. The smallest absolute Gasteiger partial charge is 0.0465 e. The summed E-state index contributed by atoms with van der Waals surface area (Å²) in [6.45, 7) is 0. The zero-order chi connectivity index (χ0) is 20.4. The van der Waals surface area contributed by atoms with Crippen molar-refractivity contribution in [3.8, 4) is 22.3 Å². The number of aromatic amines is 1. The molecule has 0 saturated heterocycles. The number of para-hydroxylation sites is 1. The molecule has 0 amide bonds. The minimum absolute atomic E-state index is 1.19. The van der Waals surface area contributed by atoms with Gasteiger partial charge in [0.25, 0.3) is 0 Å². The van der Waals surface area contributed by atoms with E-state index in [4.69, 9.17) is 0 Å². The molecule has 0 aliphatic heterocycles. The molecule has 0 unspecified atom stereocenters. The number of nitrogens with one attached hydrogen (secondary N) is 1. The number of rotatable bonds is 2. The van der Waals surface area contributed by atoms with E-state index in [1.165, 1.54) is 73.2 Å². The molecule has 0 saturated carbocycles. The van der Waals surface area contributed by atoms with Crippen LogP contribution < -0.4 is 0 Å². The third kappa shape index (κ3) is 2.50. The molecule has 146 valence electrons. The normalized spacial score (nSPS) is 12.9. The van der Waals surface area contributed by atoms with Crippen molar-refractivity contribution in [2.75, 3.05) is 0 Å². The average molecular weight is 396 g/mol. The Hall–Kier alpha value is -3.84. The lowest BCUT2D eigenvalue weighted by atomic mass is 9.81. The van der Waals surface area contributed by atoms with Crippen molar-refractivity contribution in [3.63, 3.8) is 0 Å². The number of H-pyrrole nitrogens is 1. The summed E-state index contributed by atoms with van der Waals surface area (Å²) in [6.07, 6.45) is 2.41. The zero-order valence-electron chi connectivity index (χ0n) is 17.2. The van der Waals surface area contributed by atoms with Crippen LogP contribution in [0, 0.1) is 0 Å². The van der Waals surface area contributed by atoms with Crippen molar-refractivity contribution in [1.29, 1.82) is 0 Å². The van der Waals surface area contributed by atoms with Crippen LogP contribution in [-0.4, -0.2) is 4.98 Å². The second kappa shape index (κ2) is 6.33. The van der Waals surface area contributed by atoms with E-state index in [0.717, 1.165) is 0 Å². The molecule has 0 fully saturated rings. The Morgan fingerprint density at radius 1 is 0.484 bits per heavy atom. The van der Waals surface area contributed by atoms with Crippen LogP contribution in [0.4, 0.5) is 0 Å². The predicted molar refractivity (Wildman–Crippen MR) is 132 cm³/mol. The average Bonchev–Trinajstić information content (AvgIpc) is 3.17. The highest BCUT2D eigenvalue weighted by molar-refractivity contribution is 6.08. The van der Waals surface area contributed by atoms with Gasteiger partial charge in [0, 0.05) is 21.8 Å². The monoisotopic (exact) mass is 395 g/mol. The standard InChI is InChI=1S/C30H21N/c1-2-9-25-24(8-1)23-14-12-22(23)18-27(25)21-7-5-6-19(16-21)20-13-15-30-28(17-20)26-10-3-4-11-29(26)31-30/h1-11,13,15-18,31H,12,14H2. The predicted octanol–water partition coefficient (Wildman–Crippen LogP) is 7.91. The number of fused-ring (bicyclic) bond motifs is 6. The van der Waals surface area contributed by atoms with Gasteiger partial charge in [-0.25, -0.2) is 0 Å². The maximum Gasteiger partial charge on any atom is 0.0465 e. The minimum atomic E-state index is 1.19. The van der Waals surface area contributed by atoms with E-state index < -0.39 is 0 Å². The van der Waals surface area contributed by atoms with Crippen LogP contribution in [0.2, 0.25) is 0 Å². The number of aryl methyl sites for hydroxylation is 2. The van der Waals surface area contributed by atoms with Crippen LogP contribution in [0.3, 0.4) is 0 Å². The van der Waals surface area contributed by atoms with Gasteiger partial charge in [-0.05, 0) is 81.3 Å². The molecule has 1 nitrogen and oxygen atoms in total. The van der Waals surface area contributed by atoms with Gasteiger partial charge >= 0.3 is 0 Å². The highest BCUT2D eigenvalue weighted by atomic mass is 14.7. The van der Waals surface area contributed by atoms with E-state index >= 15 is 0 Å². The van der Waals surface area contributed by atoms with Gasteiger partial charge in [0.05, 0.1) is 0 Å². The summed E-state index contributed by atoms with van der Waals surface area (Å²) in [5, 5.41) is 5.35. The molecule has 31 heavy (non-hydrogen) atoms. The quantitative estimate of drug-likeness (QED) is 0.307. The first-order valence-electron chi connectivity index (χ1n) is 11.0. The summed E-state index contributed by atoms with van der Waals surface area (Å²) in [7, 11) is 0. The molecule has 0 bridgehead atoms. The van der Waals surface area contributed by atoms with E-state index in [1.54, 1.807) is 5.56 Å². The molecule has 1 aliphatic carbocycles. The van der Waals surface area contributed by atoms with Gasteiger partial charge in [0.15, 0.2) is 0 Å². The molecule has 5 aromatic carbocycles. The molecule has 1 N–H and O–H groups in total. The summed E-state index contributed by atoms with van der Waals surface area (Å²) in [5.74, 6) is 0. The summed E-state index contributed by atoms with van der Waals surface area (Å²) in [5.41, 5.74) is 10.6. The van der Waals surface area contributed by atoms with E-state index in [1.807, 2.05) is 0 Å². The summed E-state index contributed by atoms with van der Waals surface area (Å²) in [6, 6.07) is 35.6. The molecule has 1 heterocycles. The Bertz CT molecular complexity index is 1630. The Morgan fingerprint density at radius 2 is 1.23 bits per heavy atom. The van der Waals surface area contributed by atoms with E-state index in [9.17, 15) is 0 Å². The van der Waals surface area contributed by atoms with Crippen LogP contribution in [0.1, 0.15) is 11.1 Å². The molecule has 7 rings (SSSR count). The number of hydrogen-bond donors (Lipinski definition) is 1. The lowest BCUT2D eigenvalue weighted by molar-refractivity contribution is 0.852. The molecular formula is C30H21N. The number of hydrogen-bond acceptors (Lipinski definition) is 0. The summed E-state index contributed by atoms with van der Waals surface area (Å²) in [4.78, 5) is 3.53. The van der Waals surface area contributed by atoms with Crippen molar-refractivity contribution < 1.29 is 0 Å². The Balaban J connectivity index is 1.41. The molecule has 1 aliphatic rings. The molecular weight excluding hydrogens is 374 g/mol. The third-order valence-electron chi connectivity index (χ3n) is 6.91. The first-order chi connectivity index (χ1) is 15.3. The Morgan fingerprint density at radius 3 is 2.10 bits per heavy atom. The molecule has 0 spiro atoms. The van der Waals surface area contributed by atoms with Crippen LogP contribution >= 0.6 is 0 Å². The first-order valence-corrected chi connectivity index (χ1v) is 11.0. The fourth-order valence-electron chi connectivity index (χ4n) is 5.23. The van der Waals surface area contributed by atoms with Crippen molar-refractivity contribution in [3.05, 3.63) is 108 Å². The SMILES string of the molecule is c1cc(-c2ccc3[nH]c4ccccc4c3c2)cc(-c2cc3c(c4ccccc24)CC3)c1. The Labute approximate surface area is 181 Å². The Kier molecular flexibility index (Phi) is 3.45. The number of aromatic nitrogens is 1. The van der Waals surface area contributed by atoms with Gasteiger partial charge in [-0.1, -0.05) is 72.8 Å². The highest BCUT2D eigenvalue weighted by Gasteiger charge is 2.19. The second-order valence-corrected chi connectivity index (χ2v) is 8.62. The maximum absolute atomic E-state index is 3.53. The van der Waals surface area contributed by atoms with Crippen molar-refractivity contribution in [1.82, 2.24) is 4.98 Å². The van der Waals surface area contributed by atoms with Gasteiger partial charge in [0.2, 0.25) is 0 Å². The van der Waals surface area contributed by atoms with Crippen molar-refractivity contribution in [2.24, 2.45) is 0 Å². The van der Waals surface area contributed by atoms with E-state index in [2.05, 4.69) is 102 Å². The lowest BCUT2D eigenvalue weighted by Gasteiger charge is -2.23. The van der Waals surface area contributed by atoms with E-state index in [0.29, 0.717) is 0 Å². The second-order valence-electron chi connectivity index (χ2n) is 8.62. The summed E-state index contributed by atoms with van der Waals surface area (Å²) >= 11 is 0. The highest BCUT2D eigenvalue weighted by Crippen LogP contribution is 2.39. The molecule has 0 radical (unpaired) electrons. The van der Waals surface area contributed by atoms with Crippen LogP contribution in [0.15, 0.2) is 97.1 Å². The van der Waals surface area contributed by atoms with Gasteiger partial charge in [0.1, 0.15) is 0 Å². The van der Waals surface area contributed by atoms with Crippen LogP contribution in [0.5, 0.6) is 0 Å². The molecule has 0 atom stereocenters. The van der Waals surface area contributed by atoms with Gasteiger partial charge in [-0.15, -0.1) is 0 Å². The first kappa shape index (κ1) is 16.9. The molecule has 6 aromatic rings. The minimum Gasteiger partial charge on any atom is -0.355 e. The van der Waals surface area contributed by atoms with Crippen LogP contribution in [0.25, 0.3) is 54.8 Å². The van der Waals surface area contributed by atoms with Gasteiger partial charge < -0.3 is 4.98 Å². The van der Waals surface area contributed by atoms with Gasteiger partial charge in [-0.3, -0.25) is 0 Å². The maximum atomic E-state index is 3.53. The molecule has 1 aromatic heterocycles. The third-order valence-corrected chi connectivity index (χ3v) is 6.91. The fourth-order valence-corrected chi connectivity index (χ4v) is 5.23. The fraction of sp³-hybridized carbons (Fsp3) is 0.0667. The topological polar surface area (TPSA) is 15.8 Å². The van der Waals surface area contributed by atoms with Crippen molar-refractivity contribution in [2.45, 2.75) is 12.8 Å². The van der Waals surface area contributed by atoms with E-state index in [-0.39, 0.29) is 0 Å².